The van der Waals surface area contributed by atoms with Crippen molar-refractivity contribution in [2.45, 2.75) is 115 Å². The van der Waals surface area contributed by atoms with Crippen molar-refractivity contribution < 1.29 is 24.8 Å². The Morgan fingerprint density at radius 1 is 0.786 bits per heavy atom. The molecule has 1 heterocycles. The number of rotatable bonds is 17. The molecule has 0 unspecified atom stereocenters. The van der Waals surface area contributed by atoms with Crippen molar-refractivity contribution in [1.82, 2.24) is 0 Å². The second-order valence-corrected chi connectivity index (χ2v) is 8.08. The van der Waals surface area contributed by atoms with Gasteiger partial charge in [-0.05, 0) is 25.7 Å². The summed E-state index contributed by atoms with van der Waals surface area (Å²) in [6.07, 6.45) is 17.4. The van der Waals surface area contributed by atoms with Crippen LogP contribution in [0.3, 0.4) is 0 Å². The summed E-state index contributed by atoms with van der Waals surface area (Å²) >= 11 is 0. The molecule has 0 bridgehead atoms. The number of aliphatic hydroxyl groups excluding tert-OH is 3. The first-order chi connectivity index (χ1) is 13.7. The maximum absolute atomic E-state index is 9.82. The number of hydrogen-bond donors (Lipinski definition) is 3. The third-order valence-corrected chi connectivity index (χ3v) is 5.42. The lowest BCUT2D eigenvalue weighted by Gasteiger charge is -2.35. The van der Waals surface area contributed by atoms with E-state index in [-0.39, 0.29) is 13.2 Å². The zero-order valence-electron chi connectivity index (χ0n) is 17.9. The molecule has 0 radical (unpaired) electrons. The minimum Gasteiger partial charge on any atom is -0.388 e. The number of allylic oxidation sites excluding steroid dienone is 2. The van der Waals surface area contributed by atoms with Gasteiger partial charge < -0.3 is 24.8 Å². The summed E-state index contributed by atoms with van der Waals surface area (Å²) in [7, 11) is 0. The Morgan fingerprint density at radius 3 is 2.00 bits per heavy atom. The van der Waals surface area contributed by atoms with Gasteiger partial charge in [-0.1, -0.05) is 76.9 Å². The average Bonchev–Trinajstić information content (AvgIpc) is 2.70. The highest BCUT2D eigenvalue weighted by atomic mass is 16.6. The van der Waals surface area contributed by atoms with Crippen LogP contribution in [-0.2, 0) is 9.47 Å². The molecule has 3 N–H and O–H groups in total. The van der Waals surface area contributed by atoms with E-state index in [4.69, 9.17) is 9.47 Å². The highest BCUT2D eigenvalue weighted by Crippen LogP contribution is 2.16. The minimum absolute atomic E-state index is 0.0439. The Labute approximate surface area is 172 Å². The van der Waals surface area contributed by atoms with Crippen LogP contribution in [0.5, 0.6) is 0 Å². The summed E-state index contributed by atoms with van der Waals surface area (Å²) in [5, 5.41) is 28.9. The van der Waals surface area contributed by atoms with Gasteiger partial charge in [0.05, 0.1) is 13.2 Å². The van der Waals surface area contributed by atoms with Gasteiger partial charge in [0.25, 0.3) is 0 Å². The van der Waals surface area contributed by atoms with Crippen molar-refractivity contribution in [1.29, 1.82) is 0 Å². The number of aliphatic hydroxyl groups is 3. The first kappa shape index (κ1) is 25.6. The van der Waals surface area contributed by atoms with Crippen LogP contribution in [-0.4, -0.2) is 59.6 Å². The molecule has 5 nitrogen and oxygen atoms in total. The van der Waals surface area contributed by atoms with Crippen molar-refractivity contribution in [3.8, 4) is 0 Å². The lowest BCUT2D eigenvalue weighted by Crippen LogP contribution is -2.54. The van der Waals surface area contributed by atoms with E-state index >= 15 is 0 Å². The van der Waals surface area contributed by atoms with E-state index in [0.717, 1.165) is 6.42 Å². The van der Waals surface area contributed by atoms with E-state index in [1.807, 2.05) is 0 Å². The van der Waals surface area contributed by atoms with Crippen molar-refractivity contribution in [3.63, 3.8) is 0 Å². The third-order valence-electron chi connectivity index (χ3n) is 5.42. The fraction of sp³-hybridized carbons (Fsp3) is 0.913. The Kier molecular flexibility index (Phi) is 15.9. The quantitative estimate of drug-likeness (QED) is 0.253. The predicted molar refractivity (Wildman–Crippen MR) is 113 cm³/mol. The Bertz CT molecular complexity index is 374. The Morgan fingerprint density at radius 2 is 1.36 bits per heavy atom. The molecule has 1 fully saturated rings. The highest BCUT2D eigenvalue weighted by molar-refractivity contribution is 4.86. The average molecular weight is 401 g/mol. The van der Waals surface area contributed by atoms with Crippen LogP contribution >= 0.6 is 0 Å². The highest BCUT2D eigenvalue weighted by Gasteiger charge is 2.37. The minimum atomic E-state index is -1.15. The van der Waals surface area contributed by atoms with Crippen LogP contribution in [0, 0.1) is 0 Å². The molecular formula is C23H44O5. The van der Waals surface area contributed by atoms with E-state index in [2.05, 4.69) is 19.1 Å². The lowest BCUT2D eigenvalue weighted by atomic mass is 10.0. The van der Waals surface area contributed by atoms with Gasteiger partial charge in [0, 0.05) is 6.61 Å². The van der Waals surface area contributed by atoms with Crippen molar-refractivity contribution in [3.05, 3.63) is 12.2 Å². The van der Waals surface area contributed by atoms with Crippen LogP contribution in [0.25, 0.3) is 0 Å². The zero-order valence-corrected chi connectivity index (χ0v) is 17.9. The SMILES string of the molecule is CCC/C=C/CCCCCCCCCCCCOC[C@@H]1OC[C@@H](O)[C@H](O)[C@H]1O. The molecule has 166 valence electrons. The Hall–Kier alpha value is -0.460. The van der Waals surface area contributed by atoms with Crippen LogP contribution in [0.2, 0.25) is 0 Å². The summed E-state index contributed by atoms with van der Waals surface area (Å²) in [6, 6.07) is 0. The van der Waals surface area contributed by atoms with Gasteiger partial charge in [-0.15, -0.1) is 0 Å². The van der Waals surface area contributed by atoms with E-state index in [1.54, 1.807) is 0 Å². The van der Waals surface area contributed by atoms with Gasteiger partial charge in [-0.2, -0.15) is 0 Å². The van der Waals surface area contributed by atoms with Gasteiger partial charge in [0.2, 0.25) is 0 Å². The van der Waals surface area contributed by atoms with Crippen LogP contribution < -0.4 is 0 Å². The first-order valence-corrected chi connectivity index (χ1v) is 11.5. The fourth-order valence-corrected chi connectivity index (χ4v) is 3.50. The monoisotopic (exact) mass is 400 g/mol. The molecule has 0 aromatic heterocycles. The Balaban J connectivity index is 1.79. The molecule has 0 saturated carbocycles. The molecule has 28 heavy (non-hydrogen) atoms. The summed E-state index contributed by atoms with van der Waals surface area (Å²) in [6.45, 7) is 3.18. The molecule has 0 amide bonds. The number of unbranched alkanes of at least 4 members (excludes halogenated alkanes) is 11. The van der Waals surface area contributed by atoms with Gasteiger partial charge in [0.1, 0.15) is 24.4 Å². The fourth-order valence-electron chi connectivity index (χ4n) is 3.50. The maximum Gasteiger partial charge on any atom is 0.111 e. The molecule has 0 aromatic rings. The normalized spacial score (nSPS) is 25.6. The summed E-state index contributed by atoms with van der Waals surface area (Å²) in [5.74, 6) is 0. The van der Waals surface area contributed by atoms with Crippen molar-refractivity contribution in [2.24, 2.45) is 0 Å². The van der Waals surface area contributed by atoms with Gasteiger partial charge >= 0.3 is 0 Å². The first-order valence-electron chi connectivity index (χ1n) is 11.5. The van der Waals surface area contributed by atoms with Crippen molar-refractivity contribution in [2.75, 3.05) is 19.8 Å². The molecule has 1 aliphatic heterocycles. The lowest BCUT2D eigenvalue weighted by molar-refractivity contribution is -0.199. The van der Waals surface area contributed by atoms with E-state index < -0.39 is 24.4 Å². The smallest absolute Gasteiger partial charge is 0.111 e. The molecule has 0 aliphatic carbocycles. The number of hydrogen-bond acceptors (Lipinski definition) is 5. The molecular weight excluding hydrogens is 356 g/mol. The molecule has 1 saturated heterocycles. The molecule has 4 atom stereocenters. The molecule has 5 heteroatoms. The third kappa shape index (κ3) is 12.2. The summed E-state index contributed by atoms with van der Waals surface area (Å²) in [4.78, 5) is 0. The zero-order chi connectivity index (χ0) is 20.5. The van der Waals surface area contributed by atoms with Gasteiger partial charge in [-0.25, -0.2) is 0 Å². The standard InChI is InChI=1S/C23H44O5/c1-2-3-4-5-6-7-8-9-10-11-12-13-14-15-16-17-27-19-21-23(26)22(25)20(24)18-28-21/h4-5,20-26H,2-3,6-19H2,1H3/b5-4+/t20-,21+,22+,23+/m1/s1. The molecule has 0 spiro atoms. The van der Waals surface area contributed by atoms with E-state index in [0.29, 0.717) is 6.61 Å². The summed E-state index contributed by atoms with van der Waals surface area (Å²) < 4.78 is 10.9. The topological polar surface area (TPSA) is 79.2 Å². The number of ether oxygens (including phenoxy) is 2. The van der Waals surface area contributed by atoms with Crippen LogP contribution in [0.1, 0.15) is 90.4 Å². The second-order valence-electron chi connectivity index (χ2n) is 8.08. The van der Waals surface area contributed by atoms with E-state index in [9.17, 15) is 15.3 Å². The van der Waals surface area contributed by atoms with Crippen LogP contribution in [0.15, 0.2) is 12.2 Å². The van der Waals surface area contributed by atoms with Crippen LogP contribution in [0.4, 0.5) is 0 Å². The summed E-state index contributed by atoms with van der Waals surface area (Å²) in [5.41, 5.74) is 0. The molecule has 1 rings (SSSR count). The largest absolute Gasteiger partial charge is 0.388 e. The van der Waals surface area contributed by atoms with Crippen molar-refractivity contribution >= 4 is 0 Å². The van der Waals surface area contributed by atoms with Gasteiger partial charge in [0.15, 0.2) is 0 Å². The molecule has 0 aromatic carbocycles. The van der Waals surface area contributed by atoms with E-state index in [1.165, 1.54) is 77.0 Å². The predicted octanol–water partition coefficient (Wildman–Crippen LogP) is 4.13. The molecule has 1 aliphatic rings. The van der Waals surface area contributed by atoms with Gasteiger partial charge in [-0.3, -0.25) is 0 Å². The maximum atomic E-state index is 9.82. The second kappa shape index (κ2) is 17.4.